The second kappa shape index (κ2) is 4.94. The van der Waals surface area contributed by atoms with E-state index in [4.69, 9.17) is 0 Å². The molecule has 2 rings (SSSR count). The Kier molecular flexibility index (Phi) is 3.60. The molecule has 1 saturated heterocycles. The van der Waals surface area contributed by atoms with Crippen LogP contribution in [0, 0.1) is 0 Å². The van der Waals surface area contributed by atoms with E-state index in [2.05, 4.69) is 23.3 Å². The Balaban J connectivity index is 1.66. The molecule has 0 bridgehead atoms. The van der Waals surface area contributed by atoms with Gasteiger partial charge in [0, 0.05) is 19.1 Å². The van der Waals surface area contributed by atoms with Crippen molar-refractivity contribution >= 4 is 0 Å². The largest absolute Gasteiger partial charge is 0.316 e. The van der Waals surface area contributed by atoms with Crippen molar-refractivity contribution in [2.75, 3.05) is 26.7 Å². The summed E-state index contributed by atoms with van der Waals surface area (Å²) in [5.41, 5.74) is 1.71. The van der Waals surface area contributed by atoms with Crippen LogP contribution in [0.15, 0.2) is 11.6 Å². The lowest BCUT2D eigenvalue weighted by Crippen LogP contribution is -2.30. The molecule has 0 saturated carbocycles. The number of hydrogen-bond acceptors (Lipinski definition) is 2. The van der Waals surface area contributed by atoms with Gasteiger partial charge >= 0.3 is 0 Å². The Morgan fingerprint density at radius 3 is 3.14 bits per heavy atom. The normalized spacial score (nSPS) is 28.4. The van der Waals surface area contributed by atoms with Gasteiger partial charge in [0.2, 0.25) is 0 Å². The number of allylic oxidation sites excluding steroid dienone is 1. The zero-order valence-electron chi connectivity index (χ0n) is 9.26. The Morgan fingerprint density at radius 2 is 2.50 bits per heavy atom. The molecule has 0 aromatic rings. The van der Waals surface area contributed by atoms with Gasteiger partial charge in [-0.25, -0.2) is 0 Å². The van der Waals surface area contributed by atoms with Crippen LogP contribution in [-0.2, 0) is 0 Å². The van der Waals surface area contributed by atoms with Crippen LogP contribution < -0.4 is 5.32 Å². The summed E-state index contributed by atoms with van der Waals surface area (Å²) >= 11 is 0. The number of hydrogen-bond donors (Lipinski definition) is 1. The van der Waals surface area contributed by atoms with E-state index >= 15 is 0 Å². The van der Waals surface area contributed by atoms with Crippen LogP contribution >= 0.6 is 0 Å². The predicted molar refractivity (Wildman–Crippen MR) is 60.5 cm³/mol. The van der Waals surface area contributed by atoms with Crippen molar-refractivity contribution in [3.8, 4) is 0 Å². The molecule has 0 radical (unpaired) electrons. The van der Waals surface area contributed by atoms with E-state index < -0.39 is 0 Å². The molecule has 1 aliphatic heterocycles. The Bertz CT molecular complexity index is 210. The van der Waals surface area contributed by atoms with Gasteiger partial charge in [-0.2, -0.15) is 0 Å². The van der Waals surface area contributed by atoms with Crippen LogP contribution in [0.5, 0.6) is 0 Å². The van der Waals surface area contributed by atoms with Crippen LogP contribution in [0.25, 0.3) is 0 Å². The number of likely N-dealkylation sites (N-methyl/N-ethyl adjacent to an activating group) is 1. The minimum absolute atomic E-state index is 0.743. The first-order valence-corrected chi connectivity index (χ1v) is 5.96. The molecule has 1 heterocycles. The molecule has 0 aromatic carbocycles. The monoisotopic (exact) mass is 194 g/mol. The topological polar surface area (TPSA) is 15.3 Å². The van der Waals surface area contributed by atoms with Crippen LogP contribution in [0.4, 0.5) is 0 Å². The van der Waals surface area contributed by atoms with Crippen molar-refractivity contribution in [3.63, 3.8) is 0 Å². The third kappa shape index (κ3) is 2.58. The number of nitrogens with one attached hydrogen (secondary N) is 1. The first kappa shape index (κ1) is 10.2. The molecule has 2 aliphatic rings. The minimum Gasteiger partial charge on any atom is -0.316 e. The summed E-state index contributed by atoms with van der Waals surface area (Å²) in [5.74, 6) is 0. The lowest BCUT2D eigenvalue weighted by Gasteiger charge is -2.15. The highest BCUT2D eigenvalue weighted by molar-refractivity contribution is 5.07. The zero-order valence-corrected chi connectivity index (χ0v) is 9.26. The fourth-order valence-corrected chi connectivity index (χ4v) is 2.54. The summed E-state index contributed by atoms with van der Waals surface area (Å²) < 4.78 is 0. The van der Waals surface area contributed by atoms with Gasteiger partial charge in [0.05, 0.1) is 0 Å². The van der Waals surface area contributed by atoms with E-state index in [-0.39, 0.29) is 0 Å². The van der Waals surface area contributed by atoms with Crippen molar-refractivity contribution in [1.29, 1.82) is 0 Å². The van der Waals surface area contributed by atoms with E-state index in [0.717, 1.165) is 6.04 Å². The lowest BCUT2D eigenvalue weighted by molar-refractivity contribution is 0.333. The second-order valence-corrected chi connectivity index (χ2v) is 4.58. The predicted octanol–water partition coefficient (Wildman–Crippen LogP) is 1.78. The average molecular weight is 194 g/mol. The van der Waals surface area contributed by atoms with Gasteiger partial charge in [-0.05, 0) is 45.7 Å². The highest BCUT2D eigenvalue weighted by Crippen LogP contribution is 2.21. The number of nitrogens with zero attached hydrogens (tertiary/aromatic N) is 1. The quantitative estimate of drug-likeness (QED) is 0.686. The van der Waals surface area contributed by atoms with Crippen molar-refractivity contribution in [2.45, 2.75) is 38.1 Å². The molecule has 0 aromatic heterocycles. The van der Waals surface area contributed by atoms with Gasteiger partial charge in [-0.15, -0.1) is 0 Å². The van der Waals surface area contributed by atoms with Gasteiger partial charge < -0.3 is 10.2 Å². The Hall–Kier alpha value is -0.340. The van der Waals surface area contributed by atoms with Crippen LogP contribution in [0.3, 0.4) is 0 Å². The SMILES string of the molecule is CNC1CCN(CCC2=CCCC2)C1. The number of likely N-dealkylation sites (tertiary alicyclic amines) is 1. The van der Waals surface area contributed by atoms with Crippen molar-refractivity contribution in [3.05, 3.63) is 11.6 Å². The average Bonchev–Trinajstić information content (AvgIpc) is 2.86. The first-order valence-electron chi connectivity index (χ1n) is 5.96. The summed E-state index contributed by atoms with van der Waals surface area (Å²) in [5, 5.41) is 3.37. The molecule has 2 nitrogen and oxygen atoms in total. The summed E-state index contributed by atoms with van der Waals surface area (Å²) in [7, 11) is 2.08. The van der Waals surface area contributed by atoms with Crippen LogP contribution in [0.2, 0.25) is 0 Å². The molecule has 1 unspecified atom stereocenters. The molecular weight excluding hydrogens is 172 g/mol. The Morgan fingerprint density at radius 1 is 1.57 bits per heavy atom. The molecule has 2 heteroatoms. The Labute approximate surface area is 87.4 Å². The molecule has 80 valence electrons. The standard InChI is InChI=1S/C12H22N2/c1-13-12-7-9-14(10-12)8-6-11-4-2-3-5-11/h4,12-13H,2-3,5-10H2,1H3. The molecule has 0 spiro atoms. The van der Waals surface area contributed by atoms with Gasteiger partial charge in [0.15, 0.2) is 0 Å². The first-order chi connectivity index (χ1) is 6.88. The van der Waals surface area contributed by atoms with E-state index in [1.165, 1.54) is 51.7 Å². The zero-order chi connectivity index (χ0) is 9.80. The molecule has 0 amide bonds. The number of rotatable bonds is 4. The van der Waals surface area contributed by atoms with Crippen LogP contribution in [0.1, 0.15) is 32.1 Å². The van der Waals surface area contributed by atoms with E-state index in [0.29, 0.717) is 0 Å². The third-order valence-corrected chi connectivity index (χ3v) is 3.56. The lowest BCUT2D eigenvalue weighted by atomic mass is 10.1. The molecule has 1 aliphatic carbocycles. The molecule has 1 N–H and O–H groups in total. The van der Waals surface area contributed by atoms with Crippen molar-refractivity contribution in [2.24, 2.45) is 0 Å². The molecule has 1 fully saturated rings. The maximum atomic E-state index is 3.37. The highest BCUT2D eigenvalue weighted by atomic mass is 15.2. The second-order valence-electron chi connectivity index (χ2n) is 4.58. The van der Waals surface area contributed by atoms with E-state index in [1.807, 2.05) is 0 Å². The van der Waals surface area contributed by atoms with E-state index in [9.17, 15) is 0 Å². The molecule has 1 atom stereocenters. The molecule has 14 heavy (non-hydrogen) atoms. The maximum absolute atomic E-state index is 3.37. The van der Waals surface area contributed by atoms with Crippen LogP contribution in [-0.4, -0.2) is 37.6 Å². The van der Waals surface area contributed by atoms with Gasteiger partial charge in [-0.1, -0.05) is 11.6 Å². The van der Waals surface area contributed by atoms with Gasteiger partial charge in [0.25, 0.3) is 0 Å². The summed E-state index contributed by atoms with van der Waals surface area (Å²) in [4.78, 5) is 2.60. The molecular formula is C12H22N2. The van der Waals surface area contributed by atoms with Gasteiger partial charge in [-0.3, -0.25) is 0 Å². The van der Waals surface area contributed by atoms with Crippen molar-refractivity contribution in [1.82, 2.24) is 10.2 Å². The van der Waals surface area contributed by atoms with Crippen molar-refractivity contribution < 1.29 is 0 Å². The summed E-state index contributed by atoms with van der Waals surface area (Å²) in [6.07, 6.45) is 9.18. The van der Waals surface area contributed by atoms with Gasteiger partial charge in [0.1, 0.15) is 0 Å². The minimum atomic E-state index is 0.743. The maximum Gasteiger partial charge on any atom is 0.0204 e. The fraction of sp³-hybridized carbons (Fsp3) is 0.833. The summed E-state index contributed by atoms with van der Waals surface area (Å²) in [6, 6.07) is 0.743. The fourth-order valence-electron chi connectivity index (χ4n) is 2.54. The van der Waals surface area contributed by atoms with E-state index in [1.54, 1.807) is 5.57 Å². The summed E-state index contributed by atoms with van der Waals surface area (Å²) in [6.45, 7) is 3.83. The highest BCUT2D eigenvalue weighted by Gasteiger charge is 2.20. The smallest absolute Gasteiger partial charge is 0.0204 e. The third-order valence-electron chi connectivity index (χ3n) is 3.56.